The molecule has 1 nitrogen and oxygen atoms in total. The van der Waals surface area contributed by atoms with Crippen LogP contribution in [0.3, 0.4) is 0 Å². The molecule has 0 heterocycles. The first kappa shape index (κ1) is 11.6. The van der Waals surface area contributed by atoms with E-state index in [1.165, 1.54) is 11.3 Å². The van der Waals surface area contributed by atoms with E-state index in [4.69, 9.17) is 28.9 Å². The van der Waals surface area contributed by atoms with E-state index >= 15 is 0 Å². The third-order valence-electron chi connectivity index (χ3n) is 2.62. The first-order valence-corrected chi connectivity index (χ1v) is 6.66. The van der Waals surface area contributed by atoms with E-state index in [0.29, 0.717) is 21.3 Å². The van der Waals surface area contributed by atoms with Gasteiger partial charge in [0.15, 0.2) is 0 Å². The Kier molecular flexibility index (Phi) is 3.83. The van der Waals surface area contributed by atoms with Gasteiger partial charge < -0.3 is 5.73 Å². The van der Waals surface area contributed by atoms with Crippen molar-refractivity contribution >= 4 is 35.0 Å². The molecule has 1 aromatic rings. The van der Waals surface area contributed by atoms with Crippen molar-refractivity contribution in [2.75, 3.05) is 0 Å². The van der Waals surface area contributed by atoms with E-state index in [1.807, 2.05) is 30.0 Å². The van der Waals surface area contributed by atoms with Gasteiger partial charge in [0.05, 0.1) is 10.0 Å². The van der Waals surface area contributed by atoms with Crippen LogP contribution in [0.2, 0.25) is 10.0 Å². The lowest BCUT2D eigenvalue weighted by molar-refractivity contribution is 0.706. The predicted molar refractivity (Wildman–Crippen MR) is 67.9 cm³/mol. The van der Waals surface area contributed by atoms with E-state index < -0.39 is 0 Å². The van der Waals surface area contributed by atoms with Crippen molar-refractivity contribution in [1.82, 2.24) is 0 Å². The smallest absolute Gasteiger partial charge is 0.0603 e. The topological polar surface area (TPSA) is 26.0 Å². The quantitative estimate of drug-likeness (QED) is 0.872. The molecule has 82 valence electrons. The van der Waals surface area contributed by atoms with E-state index in [2.05, 4.69) is 0 Å². The van der Waals surface area contributed by atoms with Crippen molar-refractivity contribution in [1.29, 1.82) is 0 Å². The summed E-state index contributed by atoms with van der Waals surface area (Å²) in [7, 11) is 0. The highest BCUT2D eigenvalue weighted by molar-refractivity contribution is 8.00. The summed E-state index contributed by atoms with van der Waals surface area (Å²) in [6.07, 6.45) is 3.44. The standard InChI is InChI=1S/C11H13Cl2NS/c12-10-4-3-9(6-11(10)13)15-8-2-1-7(14)5-8/h3-4,6-8H,1-2,5,14H2. The lowest BCUT2D eigenvalue weighted by atomic mass is 10.3. The lowest BCUT2D eigenvalue weighted by Gasteiger charge is -2.09. The van der Waals surface area contributed by atoms with Gasteiger partial charge in [0.1, 0.15) is 0 Å². The zero-order chi connectivity index (χ0) is 10.8. The Labute approximate surface area is 104 Å². The van der Waals surface area contributed by atoms with E-state index in [1.54, 1.807) is 0 Å². The molecule has 2 atom stereocenters. The van der Waals surface area contributed by atoms with Crippen LogP contribution in [-0.4, -0.2) is 11.3 Å². The van der Waals surface area contributed by atoms with Crippen molar-refractivity contribution in [3.63, 3.8) is 0 Å². The molecule has 15 heavy (non-hydrogen) atoms. The number of thioether (sulfide) groups is 1. The molecule has 2 unspecified atom stereocenters. The maximum atomic E-state index is 5.96. The Morgan fingerprint density at radius 3 is 2.60 bits per heavy atom. The Morgan fingerprint density at radius 2 is 2.00 bits per heavy atom. The summed E-state index contributed by atoms with van der Waals surface area (Å²) in [5.74, 6) is 0. The fourth-order valence-electron chi connectivity index (χ4n) is 1.82. The number of halogens is 2. The van der Waals surface area contributed by atoms with Crippen LogP contribution >= 0.6 is 35.0 Å². The average molecular weight is 262 g/mol. The maximum Gasteiger partial charge on any atom is 0.0603 e. The van der Waals surface area contributed by atoms with Crippen LogP contribution in [0.4, 0.5) is 0 Å². The predicted octanol–water partition coefficient (Wildman–Crippen LogP) is 3.97. The average Bonchev–Trinajstić information content (AvgIpc) is 2.58. The summed E-state index contributed by atoms with van der Waals surface area (Å²) < 4.78 is 0. The molecule has 1 aliphatic carbocycles. The summed E-state index contributed by atoms with van der Waals surface area (Å²) in [5, 5.41) is 1.88. The van der Waals surface area contributed by atoms with Gasteiger partial charge in [0.25, 0.3) is 0 Å². The largest absolute Gasteiger partial charge is 0.328 e. The van der Waals surface area contributed by atoms with Crippen LogP contribution in [-0.2, 0) is 0 Å². The molecule has 1 fully saturated rings. The van der Waals surface area contributed by atoms with Gasteiger partial charge in [0.2, 0.25) is 0 Å². The van der Waals surface area contributed by atoms with Gasteiger partial charge in [-0.05, 0) is 37.5 Å². The van der Waals surface area contributed by atoms with Gasteiger partial charge in [-0.15, -0.1) is 11.8 Å². The number of hydrogen-bond donors (Lipinski definition) is 1. The first-order valence-electron chi connectivity index (χ1n) is 5.02. The SMILES string of the molecule is NC1CCC(Sc2ccc(Cl)c(Cl)c2)C1. The van der Waals surface area contributed by atoms with Crippen LogP contribution < -0.4 is 5.73 Å². The lowest BCUT2D eigenvalue weighted by Crippen LogP contribution is -2.15. The number of rotatable bonds is 2. The second-order valence-corrected chi connectivity index (χ2v) is 6.08. The Hall–Kier alpha value is 0.110. The highest BCUT2D eigenvalue weighted by atomic mass is 35.5. The normalized spacial score (nSPS) is 25.8. The van der Waals surface area contributed by atoms with Crippen molar-refractivity contribution in [3.8, 4) is 0 Å². The third kappa shape index (κ3) is 3.04. The molecule has 0 aliphatic heterocycles. The summed E-state index contributed by atoms with van der Waals surface area (Å²) in [5.41, 5.74) is 5.87. The monoisotopic (exact) mass is 261 g/mol. The van der Waals surface area contributed by atoms with Gasteiger partial charge >= 0.3 is 0 Å². The molecule has 1 aliphatic rings. The highest BCUT2D eigenvalue weighted by Crippen LogP contribution is 2.36. The van der Waals surface area contributed by atoms with Gasteiger partial charge in [-0.25, -0.2) is 0 Å². The van der Waals surface area contributed by atoms with Crippen molar-refractivity contribution in [2.24, 2.45) is 5.73 Å². The minimum atomic E-state index is 0.380. The van der Waals surface area contributed by atoms with Crippen LogP contribution in [0, 0.1) is 0 Å². The van der Waals surface area contributed by atoms with E-state index in [-0.39, 0.29) is 0 Å². The van der Waals surface area contributed by atoms with Gasteiger partial charge in [0, 0.05) is 16.2 Å². The molecule has 1 saturated carbocycles. The summed E-state index contributed by atoms with van der Waals surface area (Å²) in [4.78, 5) is 1.18. The molecule has 0 saturated heterocycles. The fourth-order valence-corrected chi connectivity index (χ4v) is 3.50. The molecular formula is C11H13Cl2NS. The molecule has 2 rings (SSSR count). The fraction of sp³-hybridized carbons (Fsp3) is 0.455. The number of hydrogen-bond acceptors (Lipinski definition) is 2. The van der Waals surface area contributed by atoms with Crippen LogP contribution in [0.1, 0.15) is 19.3 Å². The summed E-state index contributed by atoms with van der Waals surface area (Å²) in [6, 6.07) is 6.17. The number of nitrogens with two attached hydrogens (primary N) is 1. The van der Waals surface area contributed by atoms with Crippen LogP contribution in [0.25, 0.3) is 0 Å². The molecule has 0 radical (unpaired) electrons. The van der Waals surface area contributed by atoms with Crippen LogP contribution in [0.15, 0.2) is 23.1 Å². The van der Waals surface area contributed by atoms with Crippen molar-refractivity contribution < 1.29 is 0 Å². The third-order valence-corrected chi connectivity index (χ3v) is 4.65. The molecule has 0 amide bonds. The molecule has 1 aromatic carbocycles. The highest BCUT2D eigenvalue weighted by Gasteiger charge is 2.22. The Morgan fingerprint density at radius 1 is 1.20 bits per heavy atom. The maximum absolute atomic E-state index is 5.96. The zero-order valence-corrected chi connectivity index (χ0v) is 10.6. The molecular weight excluding hydrogens is 249 g/mol. The van der Waals surface area contributed by atoms with Crippen molar-refractivity contribution in [2.45, 2.75) is 35.4 Å². The Balaban J connectivity index is 2.02. The van der Waals surface area contributed by atoms with Crippen molar-refractivity contribution in [3.05, 3.63) is 28.2 Å². The summed E-state index contributed by atoms with van der Waals surface area (Å²) in [6.45, 7) is 0. The second-order valence-electron chi connectivity index (χ2n) is 3.89. The Bertz CT molecular complexity index is 356. The van der Waals surface area contributed by atoms with Gasteiger partial charge in [-0.2, -0.15) is 0 Å². The minimum absolute atomic E-state index is 0.380. The molecule has 2 N–H and O–H groups in total. The van der Waals surface area contributed by atoms with Gasteiger partial charge in [-0.1, -0.05) is 23.2 Å². The van der Waals surface area contributed by atoms with E-state index in [0.717, 1.165) is 12.8 Å². The molecule has 4 heteroatoms. The van der Waals surface area contributed by atoms with E-state index in [9.17, 15) is 0 Å². The van der Waals surface area contributed by atoms with Gasteiger partial charge in [-0.3, -0.25) is 0 Å². The number of benzene rings is 1. The summed E-state index contributed by atoms with van der Waals surface area (Å²) >= 11 is 13.7. The second kappa shape index (κ2) is 4.96. The van der Waals surface area contributed by atoms with Crippen LogP contribution in [0.5, 0.6) is 0 Å². The zero-order valence-electron chi connectivity index (χ0n) is 8.25. The molecule has 0 aromatic heterocycles. The minimum Gasteiger partial charge on any atom is -0.328 e. The molecule has 0 bridgehead atoms. The first-order chi connectivity index (χ1) is 7.15. The molecule has 0 spiro atoms.